The molecule has 0 aliphatic rings. The third-order valence-electron chi connectivity index (χ3n) is 6.08. The summed E-state index contributed by atoms with van der Waals surface area (Å²) in [5, 5.41) is 19.4. The van der Waals surface area contributed by atoms with E-state index in [2.05, 4.69) is 6.07 Å². The van der Waals surface area contributed by atoms with Crippen LogP contribution < -0.4 is 4.90 Å². The molecule has 9 heteroatoms. The van der Waals surface area contributed by atoms with Crippen LogP contribution in [-0.2, 0) is 17.6 Å². The predicted octanol–water partition coefficient (Wildman–Crippen LogP) is 6.09. The number of hydrogen-bond acceptors (Lipinski definition) is 6. The SMILES string of the molecule is CCc1nc2ccc(-c3ccc(CC(=O)O)cc3)cn2c1N(C)c1nc(-c2ccc(F)cc2)c(C#N)s1. The van der Waals surface area contributed by atoms with Crippen molar-refractivity contribution in [1.29, 1.82) is 5.26 Å². The molecule has 3 heterocycles. The largest absolute Gasteiger partial charge is 0.481 e. The van der Waals surface area contributed by atoms with Crippen molar-refractivity contribution in [3.8, 4) is 28.5 Å². The lowest BCUT2D eigenvalue weighted by Gasteiger charge is -2.17. The maximum atomic E-state index is 13.4. The average molecular weight is 512 g/mol. The maximum Gasteiger partial charge on any atom is 0.307 e. The summed E-state index contributed by atoms with van der Waals surface area (Å²) in [7, 11) is 1.89. The molecule has 37 heavy (non-hydrogen) atoms. The van der Waals surface area contributed by atoms with Gasteiger partial charge in [0.25, 0.3) is 0 Å². The molecule has 0 saturated carbocycles. The molecule has 0 fully saturated rings. The van der Waals surface area contributed by atoms with Crippen molar-refractivity contribution in [3.05, 3.63) is 88.8 Å². The first-order valence-corrected chi connectivity index (χ1v) is 12.4. The highest BCUT2D eigenvalue weighted by Gasteiger charge is 2.22. The van der Waals surface area contributed by atoms with Gasteiger partial charge >= 0.3 is 5.97 Å². The number of carboxylic acid groups (broad SMARTS) is 1. The number of carbonyl (C=O) groups is 1. The van der Waals surface area contributed by atoms with Gasteiger partial charge in [0.2, 0.25) is 0 Å². The number of hydrogen-bond donors (Lipinski definition) is 1. The van der Waals surface area contributed by atoms with E-state index in [4.69, 9.17) is 15.1 Å². The molecular weight excluding hydrogens is 489 g/mol. The van der Waals surface area contributed by atoms with Crippen LogP contribution in [0.1, 0.15) is 23.1 Å². The minimum absolute atomic E-state index is 0.0198. The van der Waals surface area contributed by atoms with Crippen molar-refractivity contribution in [2.24, 2.45) is 0 Å². The summed E-state index contributed by atoms with van der Waals surface area (Å²) in [5.74, 6) is -0.372. The number of aromatic nitrogens is 3. The minimum atomic E-state index is -0.864. The molecular formula is C28H22FN5O2S. The third kappa shape index (κ3) is 4.67. The Balaban J connectivity index is 1.56. The van der Waals surface area contributed by atoms with Gasteiger partial charge < -0.3 is 10.0 Å². The quantitative estimate of drug-likeness (QED) is 0.284. The zero-order valence-electron chi connectivity index (χ0n) is 20.1. The monoisotopic (exact) mass is 511 g/mol. The molecule has 5 aromatic rings. The Labute approximate surface area is 216 Å². The van der Waals surface area contributed by atoms with Crippen LogP contribution in [0.4, 0.5) is 15.3 Å². The molecule has 0 radical (unpaired) electrons. The van der Waals surface area contributed by atoms with Gasteiger partial charge in [-0.05, 0) is 59.5 Å². The van der Waals surface area contributed by atoms with Crippen LogP contribution in [0.5, 0.6) is 0 Å². The summed E-state index contributed by atoms with van der Waals surface area (Å²) in [6.45, 7) is 2.04. The molecule has 2 aromatic carbocycles. The Hall–Kier alpha value is -4.55. The van der Waals surface area contributed by atoms with Gasteiger partial charge in [0.05, 0.1) is 12.1 Å². The predicted molar refractivity (Wildman–Crippen MR) is 142 cm³/mol. The molecule has 3 aromatic heterocycles. The summed E-state index contributed by atoms with van der Waals surface area (Å²) < 4.78 is 15.4. The molecule has 0 aliphatic heterocycles. The zero-order valence-corrected chi connectivity index (χ0v) is 21.0. The standard InChI is InChI=1S/C28H22FN5O2S/c1-3-22-27(33(2)28-32-26(23(15-30)37-28)19-8-11-21(29)12-9-19)34-16-20(10-13-24(34)31-22)18-6-4-17(5-7-18)14-25(35)36/h4-13,16H,3,14H2,1-2H3,(H,35,36). The Morgan fingerprint density at radius 3 is 2.38 bits per heavy atom. The van der Waals surface area contributed by atoms with Crippen LogP contribution in [0.3, 0.4) is 0 Å². The summed E-state index contributed by atoms with van der Waals surface area (Å²) in [6.07, 6.45) is 2.68. The molecule has 0 amide bonds. The lowest BCUT2D eigenvalue weighted by molar-refractivity contribution is -0.136. The number of fused-ring (bicyclic) bond motifs is 1. The van der Waals surface area contributed by atoms with Gasteiger partial charge in [-0.25, -0.2) is 14.4 Å². The van der Waals surface area contributed by atoms with Crippen molar-refractivity contribution in [2.75, 3.05) is 11.9 Å². The van der Waals surface area contributed by atoms with Crippen molar-refractivity contribution in [3.63, 3.8) is 0 Å². The first kappa shape index (κ1) is 24.2. The number of aliphatic carboxylic acids is 1. The van der Waals surface area contributed by atoms with Crippen molar-refractivity contribution >= 4 is 33.9 Å². The Kier molecular flexibility index (Phi) is 6.42. The fourth-order valence-corrected chi connectivity index (χ4v) is 5.10. The van der Waals surface area contributed by atoms with Crippen LogP contribution in [0, 0.1) is 17.1 Å². The molecule has 0 saturated heterocycles. The van der Waals surface area contributed by atoms with E-state index in [0.717, 1.165) is 33.8 Å². The van der Waals surface area contributed by atoms with Crippen molar-refractivity contribution in [1.82, 2.24) is 14.4 Å². The molecule has 0 atom stereocenters. The average Bonchev–Trinajstić information content (AvgIpc) is 3.50. The highest BCUT2D eigenvalue weighted by molar-refractivity contribution is 7.16. The number of imidazole rings is 1. The molecule has 0 unspecified atom stereocenters. The zero-order chi connectivity index (χ0) is 26.1. The number of nitrogens with zero attached hydrogens (tertiary/aromatic N) is 5. The Morgan fingerprint density at radius 2 is 1.73 bits per heavy atom. The van der Waals surface area contributed by atoms with E-state index in [1.807, 2.05) is 65.9 Å². The van der Waals surface area contributed by atoms with Crippen LogP contribution in [-0.4, -0.2) is 32.5 Å². The number of pyridine rings is 1. The Bertz CT molecular complexity index is 1650. The first-order valence-electron chi connectivity index (χ1n) is 11.6. The fourth-order valence-electron chi connectivity index (χ4n) is 4.26. The van der Waals surface area contributed by atoms with Crippen LogP contribution in [0.15, 0.2) is 66.9 Å². The summed E-state index contributed by atoms with van der Waals surface area (Å²) in [4.78, 5) is 22.9. The van der Waals surface area contributed by atoms with Gasteiger partial charge in [-0.15, -0.1) is 0 Å². The van der Waals surface area contributed by atoms with Gasteiger partial charge in [0, 0.05) is 18.8 Å². The Morgan fingerprint density at radius 1 is 1.05 bits per heavy atom. The number of halogens is 1. The van der Waals surface area contributed by atoms with Crippen molar-refractivity contribution in [2.45, 2.75) is 19.8 Å². The second kappa shape index (κ2) is 9.84. The fraction of sp³-hybridized carbons (Fsp3) is 0.143. The molecule has 1 N–H and O–H groups in total. The highest BCUT2D eigenvalue weighted by Crippen LogP contribution is 2.37. The number of aryl methyl sites for hydroxylation is 1. The van der Waals surface area contributed by atoms with E-state index in [1.54, 1.807) is 12.1 Å². The van der Waals surface area contributed by atoms with Crippen LogP contribution in [0.25, 0.3) is 28.0 Å². The van der Waals surface area contributed by atoms with E-state index < -0.39 is 5.97 Å². The maximum absolute atomic E-state index is 13.4. The van der Waals surface area contributed by atoms with Gasteiger partial charge in [0.1, 0.15) is 33.9 Å². The minimum Gasteiger partial charge on any atom is -0.481 e. The van der Waals surface area contributed by atoms with E-state index >= 15 is 0 Å². The third-order valence-corrected chi connectivity index (χ3v) is 7.12. The highest BCUT2D eigenvalue weighted by atomic mass is 32.1. The van der Waals surface area contributed by atoms with Gasteiger partial charge in [-0.1, -0.05) is 42.5 Å². The van der Waals surface area contributed by atoms with Crippen molar-refractivity contribution < 1.29 is 14.3 Å². The van der Waals surface area contributed by atoms with E-state index in [0.29, 0.717) is 27.7 Å². The number of benzene rings is 2. The molecule has 184 valence electrons. The number of anilines is 2. The molecule has 7 nitrogen and oxygen atoms in total. The van der Waals surface area contributed by atoms with Gasteiger partial charge in [0.15, 0.2) is 5.13 Å². The lowest BCUT2D eigenvalue weighted by Crippen LogP contribution is -2.13. The first-order chi connectivity index (χ1) is 17.9. The molecule has 0 bridgehead atoms. The topological polar surface area (TPSA) is 94.5 Å². The lowest BCUT2D eigenvalue weighted by atomic mass is 10.0. The summed E-state index contributed by atoms with van der Waals surface area (Å²) in [5.41, 5.74) is 5.50. The summed E-state index contributed by atoms with van der Waals surface area (Å²) in [6, 6.07) is 19.6. The van der Waals surface area contributed by atoms with Gasteiger partial charge in [-0.2, -0.15) is 5.26 Å². The van der Waals surface area contributed by atoms with Gasteiger partial charge in [-0.3, -0.25) is 9.20 Å². The normalized spacial score (nSPS) is 11.0. The van der Waals surface area contributed by atoms with E-state index in [-0.39, 0.29) is 12.2 Å². The van der Waals surface area contributed by atoms with Crippen LogP contribution in [0.2, 0.25) is 0 Å². The molecule has 0 aliphatic carbocycles. The van der Waals surface area contributed by atoms with Crippen LogP contribution >= 0.6 is 11.3 Å². The summed E-state index contributed by atoms with van der Waals surface area (Å²) >= 11 is 1.27. The second-order valence-electron chi connectivity index (χ2n) is 8.50. The molecule has 0 spiro atoms. The smallest absolute Gasteiger partial charge is 0.307 e. The second-order valence-corrected chi connectivity index (χ2v) is 9.48. The number of nitriles is 1. The van der Waals surface area contributed by atoms with E-state index in [9.17, 15) is 14.4 Å². The number of thiazole rings is 1. The van der Waals surface area contributed by atoms with E-state index in [1.165, 1.54) is 23.5 Å². The number of carboxylic acids is 1. The molecule has 5 rings (SSSR count). The number of rotatable bonds is 7.